The highest BCUT2D eigenvalue weighted by atomic mass is 19.3. The lowest BCUT2D eigenvalue weighted by molar-refractivity contribution is -0.0515. The molecule has 0 bridgehead atoms. The van der Waals surface area contributed by atoms with Gasteiger partial charge in [-0.05, 0) is 70.1 Å². The van der Waals surface area contributed by atoms with Gasteiger partial charge in [0.05, 0.1) is 12.6 Å². The summed E-state index contributed by atoms with van der Waals surface area (Å²) >= 11 is 0. The Hall–Kier alpha value is -2.05. The molecule has 3 rings (SSSR count). The Balaban J connectivity index is 1.79. The molecule has 1 atom stereocenters. The Morgan fingerprint density at radius 3 is 2.59 bits per heavy atom. The van der Waals surface area contributed by atoms with Gasteiger partial charge in [0, 0.05) is 6.54 Å². The second kappa shape index (κ2) is 7.90. The van der Waals surface area contributed by atoms with Crippen molar-refractivity contribution >= 4 is 6.09 Å². The van der Waals surface area contributed by atoms with Crippen LogP contribution >= 0.6 is 0 Å². The van der Waals surface area contributed by atoms with Gasteiger partial charge in [-0.15, -0.1) is 0 Å². The summed E-state index contributed by atoms with van der Waals surface area (Å²) in [7, 11) is 0. The second-order valence-electron chi connectivity index (χ2n) is 8.17. The zero-order chi connectivity index (χ0) is 19.6. The molecule has 5 nitrogen and oxygen atoms in total. The van der Waals surface area contributed by atoms with Crippen LogP contribution in [-0.2, 0) is 4.74 Å². The molecule has 1 saturated heterocycles. The van der Waals surface area contributed by atoms with E-state index in [1.54, 1.807) is 17.0 Å². The molecule has 1 aliphatic heterocycles. The molecule has 1 heterocycles. The lowest BCUT2D eigenvalue weighted by atomic mass is 10.0. The van der Waals surface area contributed by atoms with E-state index in [-0.39, 0.29) is 17.9 Å². The third kappa shape index (κ3) is 5.47. The summed E-state index contributed by atoms with van der Waals surface area (Å²) in [5.74, 6) is 0.810. The van der Waals surface area contributed by atoms with E-state index < -0.39 is 12.2 Å². The summed E-state index contributed by atoms with van der Waals surface area (Å²) in [5, 5.41) is 0. The maximum Gasteiger partial charge on any atom is 0.410 e. The number of alkyl halides is 2. The van der Waals surface area contributed by atoms with Gasteiger partial charge in [-0.25, -0.2) is 4.79 Å². The van der Waals surface area contributed by atoms with E-state index in [0.29, 0.717) is 24.8 Å². The molecule has 27 heavy (non-hydrogen) atoms. The summed E-state index contributed by atoms with van der Waals surface area (Å²) in [5.41, 5.74) is 0.267. The normalized spacial score (nSPS) is 20.1. The lowest BCUT2D eigenvalue weighted by Gasteiger charge is -2.29. The number of hydrogen-bond donors (Lipinski definition) is 0. The van der Waals surface area contributed by atoms with Crippen LogP contribution in [-0.4, -0.2) is 36.4 Å². The number of carbonyl (C=O) groups is 1. The van der Waals surface area contributed by atoms with Gasteiger partial charge in [-0.1, -0.05) is 6.07 Å². The average Bonchev–Trinajstić information content (AvgIpc) is 3.25. The number of benzene rings is 1. The Kier molecular flexibility index (Phi) is 5.77. The zero-order valence-electron chi connectivity index (χ0n) is 16.0. The van der Waals surface area contributed by atoms with Crippen molar-refractivity contribution in [2.45, 2.75) is 64.7 Å². The van der Waals surface area contributed by atoms with Gasteiger partial charge < -0.3 is 19.1 Å². The van der Waals surface area contributed by atoms with Gasteiger partial charge >= 0.3 is 12.7 Å². The first kappa shape index (κ1) is 19.7. The first-order valence-corrected chi connectivity index (χ1v) is 9.44. The minimum Gasteiger partial charge on any atom is -0.489 e. The summed E-state index contributed by atoms with van der Waals surface area (Å²) in [6, 6.07) is 4.77. The summed E-state index contributed by atoms with van der Waals surface area (Å²) in [6.07, 6.45) is 3.48. The van der Waals surface area contributed by atoms with E-state index in [4.69, 9.17) is 9.47 Å². The highest BCUT2D eigenvalue weighted by Gasteiger charge is 2.34. The SMILES string of the molecule is CC(C)(C)OC(=O)N1CCCC1c1ccc(OC(F)F)c(OCC2CC2)c1. The van der Waals surface area contributed by atoms with Crippen LogP contribution in [0, 0.1) is 5.92 Å². The molecule has 1 aromatic rings. The van der Waals surface area contributed by atoms with Crippen LogP contribution in [0.25, 0.3) is 0 Å². The van der Waals surface area contributed by atoms with Crippen LogP contribution in [0.15, 0.2) is 18.2 Å². The van der Waals surface area contributed by atoms with Gasteiger partial charge in [0.15, 0.2) is 11.5 Å². The fourth-order valence-electron chi connectivity index (χ4n) is 3.18. The third-order valence-electron chi connectivity index (χ3n) is 4.62. The van der Waals surface area contributed by atoms with Crippen LogP contribution in [0.3, 0.4) is 0 Å². The standard InChI is InChI=1S/C20H27F2NO4/c1-20(2,3)27-19(24)23-10-4-5-15(23)14-8-9-16(26-18(21)22)17(11-14)25-12-13-6-7-13/h8-9,11,13,15,18H,4-7,10,12H2,1-3H3. The van der Waals surface area contributed by atoms with Crippen molar-refractivity contribution in [3.63, 3.8) is 0 Å². The third-order valence-corrected chi connectivity index (χ3v) is 4.62. The van der Waals surface area contributed by atoms with Crippen LogP contribution in [0.2, 0.25) is 0 Å². The molecule has 1 aromatic carbocycles. The van der Waals surface area contributed by atoms with Crippen molar-refractivity contribution in [3.05, 3.63) is 23.8 Å². The Bertz CT molecular complexity index is 670. The molecule has 2 fully saturated rings. The number of carbonyl (C=O) groups excluding carboxylic acids is 1. The smallest absolute Gasteiger partial charge is 0.410 e. The van der Waals surface area contributed by atoms with Crippen molar-refractivity contribution < 1.29 is 27.8 Å². The van der Waals surface area contributed by atoms with Crippen molar-refractivity contribution in [3.8, 4) is 11.5 Å². The van der Waals surface area contributed by atoms with Crippen LogP contribution in [0.5, 0.6) is 11.5 Å². The number of amides is 1. The highest BCUT2D eigenvalue weighted by Crippen LogP contribution is 2.39. The van der Waals surface area contributed by atoms with E-state index in [1.165, 1.54) is 6.07 Å². The Morgan fingerprint density at radius 2 is 1.96 bits per heavy atom. The fourth-order valence-corrected chi connectivity index (χ4v) is 3.18. The molecule has 2 aliphatic rings. The molecule has 0 N–H and O–H groups in total. The van der Waals surface area contributed by atoms with Crippen LogP contribution in [0.1, 0.15) is 58.1 Å². The quantitative estimate of drug-likeness (QED) is 0.682. The highest BCUT2D eigenvalue weighted by molar-refractivity contribution is 5.69. The number of hydrogen-bond acceptors (Lipinski definition) is 4. The number of halogens is 2. The van der Waals surface area contributed by atoms with Crippen molar-refractivity contribution in [1.82, 2.24) is 4.90 Å². The predicted octanol–water partition coefficient (Wildman–Crippen LogP) is 5.15. The molecule has 1 unspecified atom stereocenters. The minimum absolute atomic E-state index is 0.0243. The van der Waals surface area contributed by atoms with Crippen molar-refractivity contribution in [1.29, 1.82) is 0 Å². The molecule has 0 spiro atoms. The van der Waals surface area contributed by atoms with E-state index in [1.807, 2.05) is 20.8 Å². The largest absolute Gasteiger partial charge is 0.489 e. The molecule has 1 amide bonds. The van der Waals surface area contributed by atoms with Gasteiger partial charge in [0.2, 0.25) is 0 Å². The second-order valence-corrected chi connectivity index (χ2v) is 8.17. The molecular formula is C20H27F2NO4. The molecule has 1 aliphatic carbocycles. The number of nitrogens with zero attached hydrogens (tertiary/aromatic N) is 1. The number of ether oxygens (including phenoxy) is 3. The topological polar surface area (TPSA) is 48.0 Å². The number of likely N-dealkylation sites (tertiary alicyclic amines) is 1. The van der Waals surface area contributed by atoms with E-state index in [2.05, 4.69) is 4.74 Å². The molecule has 7 heteroatoms. The monoisotopic (exact) mass is 383 g/mol. The number of rotatable bonds is 6. The zero-order valence-corrected chi connectivity index (χ0v) is 16.0. The van der Waals surface area contributed by atoms with E-state index in [0.717, 1.165) is 31.2 Å². The minimum atomic E-state index is -2.91. The maximum absolute atomic E-state index is 12.7. The van der Waals surface area contributed by atoms with E-state index in [9.17, 15) is 13.6 Å². The van der Waals surface area contributed by atoms with Crippen molar-refractivity contribution in [2.75, 3.05) is 13.2 Å². The molecule has 150 valence electrons. The van der Waals surface area contributed by atoms with Gasteiger partial charge in [0.25, 0.3) is 0 Å². The molecule has 0 aromatic heterocycles. The van der Waals surface area contributed by atoms with Crippen molar-refractivity contribution in [2.24, 2.45) is 5.92 Å². The van der Waals surface area contributed by atoms with Gasteiger partial charge in [-0.2, -0.15) is 8.78 Å². The lowest BCUT2D eigenvalue weighted by Crippen LogP contribution is -2.36. The summed E-state index contributed by atoms with van der Waals surface area (Å²) in [6.45, 7) is 3.67. The maximum atomic E-state index is 12.7. The average molecular weight is 383 g/mol. The Labute approximate surface area is 158 Å². The first-order valence-electron chi connectivity index (χ1n) is 9.44. The van der Waals surface area contributed by atoms with Gasteiger partial charge in [-0.3, -0.25) is 0 Å². The summed E-state index contributed by atoms with van der Waals surface area (Å²) < 4.78 is 41.2. The summed E-state index contributed by atoms with van der Waals surface area (Å²) in [4.78, 5) is 14.2. The Morgan fingerprint density at radius 1 is 1.22 bits per heavy atom. The van der Waals surface area contributed by atoms with Gasteiger partial charge in [0.1, 0.15) is 5.60 Å². The van der Waals surface area contributed by atoms with Crippen LogP contribution < -0.4 is 9.47 Å². The molecule has 0 radical (unpaired) electrons. The predicted molar refractivity (Wildman–Crippen MR) is 96.2 cm³/mol. The fraction of sp³-hybridized carbons (Fsp3) is 0.650. The molecule has 1 saturated carbocycles. The van der Waals surface area contributed by atoms with Crippen LogP contribution in [0.4, 0.5) is 13.6 Å². The molecular weight excluding hydrogens is 356 g/mol. The van der Waals surface area contributed by atoms with E-state index >= 15 is 0 Å². The first-order chi connectivity index (χ1) is 12.7.